The van der Waals surface area contributed by atoms with Gasteiger partial charge in [-0.1, -0.05) is 30.3 Å². The van der Waals surface area contributed by atoms with Gasteiger partial charge in [-0.15, -0.1) is 5.06 Å². The quantitative estimate of drug-likeness (QED) is 0.613. The summed E-state index contributed by atoms with van der Waals surface area (Å²) < 4.78 is 0. The Morgan fingerprint density at radius 2 is 1.77 bits per heavy atom. The molecule has 1 fully saturated rings. The molecule has 1 aromatic rings. The summed E-state index contributed by atoms with van der Waals surface area (Å²) in [6.07, 6.45) is 0.168. The van der Waals surface area contributed by atoms with Crippen molar-refractivity contribution in [3.63, 3.8) is 0 Å². The lowest BCUT2D eigenvalue weighted by molar-refractivity contribution is 0.101. The molecule has 1 heterocycles. The van der Waals surface area contributed by atoms with Gasteiger partial charge in [0.05, 0.1) is 0 Å². The van der Waals surface area contributed by atoms with Gasteiger partial charge < -0.3 is 0 Å². The molecule has 70 valence electrons. The molecule has 0 spiro atoms. The molecular weight excluding hydrogens is 162 g/mol. The molecule has 0 aromatic heterocycles. The summed E-state index contributed by atoms with van der Waals surface area (Å²) >= 11 is 0. The van der Waals surface area contributed by atoms with Gasteiger partial charge in [0.1, 0.15) is 0 Å². The second-order valence-corrected chi connectivity index (χ2v) is 4.37. The number of rotatable bonds is 1. The van der Waals surface area contributed by atoms with E-state index in [-0.39, 0.29) is 11.8 Å². The SMILES string of the molecule is CC(C)(C)N1O[C@H]1c1ccccc1. The normalized spacial score (nSPS) is 27.3. The Balaban J connectivity index is 2.09. The van der Waals surface area contributed by atoms with Gasteiger partial charge in [0.2, 0.25) is 0 Å². The first-order chi connectivity index (χ1) is 6.09. The lowest BCUT2D eigenvalue weighted by atomic mass is 10.1. The molecule has 0 radical (unpaired) electrons. The van der Waals surface area contributed by atoms with Crippen LogP contribution >= 0.6 is 0 Å². The summed E-state index contributed by atoms with van der Waals surface area (Å²) in [7, 11) is 0. The molecule has 1 aliphatic rings. The predicted octanol–water partition coefficient (Wildman–Crippen LogP) is 2.73. The van der Waals surface area contributed by atoms with Crippen molar-refractivity contribution in [2.45, 2.75) is 32.5 Å². The second-order valence-electron chi connectivity index (χ2n) is 4.37. The molecule has 0 saturated carbocycles. The Morgan fingerprint density at radius 3 is 2.23 bits per heavy atom. The minimum atomic E-state index is 0.0977. The molecule has 0 amide bonds. The molecule has 1 aromatic carbocycles. The monoisotopic (exact) mass is 177 g/mol. The highest BCUT2D eigenvalue weighted by Gasteiger charge is 2.45. The number of hydroxylamine groups is 2. The minimum Gasteiger partial charge on any atom is -0.269 e. The van der Waals surface area contributed by atoms with Crippen molar-refractivity contribution in [1.82, 2.24) is 5.06 Å². The van der Waals surface area contributed by atoms with Crippen molar-refractivity contribution in [3.05, 3.63) is 35.9 Å². The molecule has 2 rings (SSSR count). The van der Waals surface area contributed by atoms with Gasteiger partial charge in [0.15, 0.2) is 6.23 Å². The molecule has 0 N–H and O–H groups in total. The highest BCUT2D eigenvalue weighted by atomic mass is 16.8. The Bertz CT molecular complexity index is 289. The van der Waals surface area contributed by atoms with E-state index < -0.39 is 0 Å². The van der Waals surface area contributed by atoms with Gasteiger partial charge in [-0.3, -0.25) is 4.84 Å². The van der Waals surface area contributed by atoms with Crippen LogP contribution in [0.4, 0.5) is 0 Å². The van der Waals surface area contributed by atoms with Crippen molar-refractivity contribution in [2.75, 3.05) is 0 Å². The fraction of sp³-hybridized carbons (Fsp3) is 0.455. The Morgan fingerprint density at radius 1 is 1.15 bits per heavy atom. The summed E-state index contributed by atoms with van der Waals surface area (Å²) in [5.41, 5.74) is 1.33. The molecule has 1 aliphatic heterocycles. The fourth-order valence-corrected chi connectivity index (χ4v) is 1.40. The standard InChI is InChI=1S/C11H15NO/c1-11(2,3)12-10(13-12)9-7-5-4-6-8-9/h4-8,10H,1-3H3/t10-,12?/m0/s1. The van der Waals surface area contributed by atoms with Crippen LogP contribution in [0.15, 0.2) is 30.3 Å². The van der Waals surface area contributed by atoms with Gasteiger partial charge >= 0.3 is 0 Å². The maximum absolute atomic E-state index is 5.50. The third-order valence-electron chi connectivity index (χ3n) is 2.13. The van der Waals surface area contributed by atoms with E-state index in [1.54, 1.807) is 0 Å². The largest absolute Gasteiger partial charge is 0.269 e. The summed E-state index contributed by atoms with van der Waals surface area (Å²) in [5, 5.41) is 2.02. The van der Waals surface area contributed by atoms with Crippen LogP contribution in [0.25, 0.3) is 0 Å². The average molecular weight is 177 g/mol. The Kier molecular flexibility index (Phi) is 1.90. The zero-order chi connectivity index (χ0) is 9.47. The molecule has 0 aliphatic carbocycles. The molecule has 2 heteroatoms. The number of hydrogen-bond acceptors (Lipinski definition) is 2. The topological polar surface area (TPSA) is 15.5 Å². The highest BCUT2D eigenvalue weighted by Crippen LogP contribution is 2.42. The summed E-state index contributed by atoms with van der Waals surface area (Å²) in [6, 6.07) is 10.3. The predicted molar refractivity (Wildman–Crippen MR) is 51.9 cm³/mol. The number of hydrogen-bond donors (Lipinski definition) is 0. The van der Waals surface area contributed by atoms with Crippen LogP contribution in [0.2, 0.25) is 0 Å². The van der Waals surface area contributed by atoms with E-state index in [1.807, 2.05) is 23.3 Å². The lowest BCUT2D eigenvalue weighted by Gasteiger charge is -2.16. The van der Waals surface area contributed by atoms with E-state index in [0.29, 0.717) is 0 Å². The van der Waals surface area contributed by atoms with E-state index in [4.69, 9.17) is 4.84 Å². The molecule has 1 unspecified atom stereocenters. The van der Waals surface area contributed by atoms with Crippen molar-refractivity contribution < 1.29 is 4.84 Å². The van der Waals surface area contributed by atoms with Crippen LogP contribution in [0.5, 0.6) is 0 Å². The second kappa shape index (κ2) is 2.82. The maximum atomic E-state index is 5.50. The smallest absolute Gasteiger partial charge is 0.180 e. The first-order valence-electron chi connectivity index (χ1n) is 4.60. The van der Waals surface area contributed by atoms with Gasteiger partial charge in [0.25, 0.3) is 0 Å². The zero-order valence-corrected chi connectivity index (χ0v) is 8.32. The van der Waals surface area contributed by atoms with E-state index in [0.717, 1.165) is 0 Å². The van der Waals surface area contributed by atoms with Crippen molar-refractivity contribution in [3.8, 4) is 0 Å². The maximum Gasteiger partial charge on any atom is 0.180 e. The Labute approximate surface area is 79.1 Å². The van der Waals surface area contributed by atoms with E-state index >= 15 is 0 Å². The molecule has 2 nitrogen and oxygen atoms in total. The molecular formula is C11H15NO. The van der Waals surface area contributed by atoms with Gasteiger partial charge in [-0.25, -0.2) is 0 Å². The molecule has 13 heavy (non-hydrogen) atoms. The first-order valence-corrected chi connectivity index (χ1v) is 4.60. The van der Waals surface area contributed by atoms with Gasteiger partial charge in [-0.05, 0) is 26.3 Å². The van der Waals surface area contributed by atoms with Crippen LogP contribution in [-0.4, -0.2) is 10.6 Å². The lowest BCUT2D eigenvalue weighted by Crippen LogP contribution is -2.25. The van der Waals surface area contributed by atoms with Crippen molar-refractivity contribution >= 4 is 0 Å². The van der Waals surface area contributed by atoms with Crippen LogP contribution in [0.1, 0.15) is 32.6 Å². The summed E-state index contributed by atoms with van der Waals surface area (Å²) in [4.78, 5) is 5.50. The van der Waals surface area contributed by atoms with Crippen LogP contribution in [0, 0.1) is 0 Å². The van der Waals surface area contributed by atoms with Crippen LogP contribution in [0.3, 0.4) is 0 Å². The van der Waals surface area contributed by atoms with Crippen molar-refractivity contribution in [2.24, 2.45) is 0 Å². The van der Waals surface area contributed by atoms with Crippen LogP contribution < -0.4 is 0 Å². The van der Waals surface area contributed by atoms with E-state index in [1.165, 1.54) is 5.56 Å². The third kappa shape index (κ3) is 1.74. The van der Waals surface area contributed by atoms with Crippen molar-refractivity contribution in [1.29, 1.82) is 0 Å². The first kappa shape index (κ1) is 8.73. The van der Waals surface area contributed by atoms with E-state index in [2.05, 4.69) is 32.9 Å². The van der Waals surface area contributed by atoms with Crippen LogP contribution in [-0.2, 0) is 4.84 Å². The fourth-order valence-electron chi connectivity index (χ4n) is 1.40. The van der Waals surface area contributed by atoms with Gasteiger partial charge in [0, 0.05) is 5.54 Å². The van der Waals surface area contributed by atoms with E-state index in [9.17, 15) is 0 Å². The number of nitrogens with zero attached hydrogens (tertiary/aromatic N) is 1. The highest BCUT2D eigenvalue weighted by molar-refractivity contribution is 5.19. The number of benzene rings is 1. The molecule has 2 atom stereocenters. The zero-order valence-electron chi connectivity index (χ0n) is 8.32. The molecule has 1 saturated heterocycles. The summed E-state index contributed by atoms with van der Waals surface area (Å²) in [5.74, 6) is 0. The molecule has 0 bridgehead atoms. The van der Waals surface area contributed by atoms with Gasteiger partial charge in [-0.2, -0.15) is 0 Å². The summed E-state index contributed by atoms with van der Waals surface area (Å²) in [6.45, 7) is 6.45. The average Bonchev–Trinajstić information content (AvgIpc) is 2.83. The third-order valence-corrected chi connectivity index (χ3v) is 2.13. The Hall–Kier alpha value is -0.860. The minimum absolute atomic E-state index is 0.0977.